The molecule has 1 aliphatic carbocycles. The maximum absolute atomic E-state index is 12.3. The molecular weight excluding hydrogens is 242 g/mol. The summed E-state index contributed by atoms with van der Waals surface area (Å²) < 4.78 is 5.29. The fourth-order valence-corrected chi connectivity index (χ4v) is 3.05. The summed E-state index contributed by atoms with van der Waals surface area (Å²) in [6.07, 6.45) is 4.44. The molecule has 5 nitrogen and oxygen atoms in total. The molecule has 1 saturated heterocycles. The van der Waals surface area contributed by atoms with Crippen LogP contribution in [0.25, 0.3) is 0 Å². The average molecular weight is 269 g/mol. The van der Waals surface area contributed by atoms with Crippen molar-refractivity contribution in [3.63, 3.8) is 0 Å². The highest BCUT2D eigenvalue weighted by atomic mass is 16.5. The maximum Gasteiger partial charge on any atom is 0.236 e. The van der Waals surface area contributed by atoms with E-state index in [1.165, 1.54) is 0 Å². The minimum atomic E-state index is 0.250. The molecule has 0 spiro atoms. The second-order valence-electron chi connectivity index (χ2n) is 5.62. The lowest BCUT2D eigenvalue weighted by Gasteiger charge is -2.36. The van der Waals surface area contributed by atoms with E-state index >= 15 is 0 Å². The number of rotatable bonds is 4. The minimum absolute atomic E-state index is 0.250. The number of ether oxygens (including phenoxy) is 1. The molecule has 2 rings (SSSR count). The highest BCUT2D eigenvalue weighted by Crippen LogP contribution is 2.22. The fraction of sp³-hybridized carbons (Fsp3) is 0.929. The monoisotopic (exact) mass is 269 g/mol. The summed E-state index contributed by atoms with van der Waals surface area (Å²) >= 11 is 0. The van der Waals surface area contributed by atoms with Gasteiger partial charge in [0.1, 0.15) is 0 Å². The van der Waals surface area contributed by atoms with Crippen molar-refractivity contribution >= 4 is 5.91 Å². The number of likely N-dealkylation sites (N-methyl/N-ethyl adjacent to an activating group) is 1. The van der Waals surface area contributed by atoms with Gasteiger partial charge in [0.25, 0.3) is 0 Å². The Morgan fingerprint density at radius 3 is 2.47 bits per heavy atom. The molecule has 0 bridgehead atoms. The zero-order chi connectivity index (χ0) is 13.7. The van der Waals surface area contributed by atoms with Crippen molar-refractivity contribution in [1.82, 2.24) is 9.80 Å². The Bertz CT molecular complexity index is 284. The van der Waals surface area contributed by atoms with E-state index in [0.29, 0.717) is 31.8 Å². The molecule has 1 aliphatic heterocycles. The first kappa shape index (κ1) is 14.8. The van der Waals surface area contributed by atoms with Crippen LogP contribution >= 0.6 is 0 Å². The molecule has 110 valence electrons. The lowest BCUT2D eigenvalue weighted by molar-refractivity contribution is -0.137. The van der Waals surface area contributed by atoms with Gasteiger partial charge in [-0.15, -0.1) is 0 Å². The molecule has 1 heterocycles. The first-order valence-electron chi connectivity index (χ1n) is 7.56. The maximum atomic E-state index is 12.3. The van der Waals surface area contributed by atoms with Crippen molar-refractivity contribution in [1.29, 1.82) is 0 Å². The lowest BCUT2D eigenvalue weighted by atomic mass is 9.90. The number of morpholine rings is 1. The van der Waals surface area contributed by atoms with Crippen LogP contribution in [0.3, 0.4) is 0 Å². The number of nitrogens with zero attached hydrogens (tertiary/aromatic N) is 2. The van der Waals surface area contributed by atoms with Crippen LogP contribution in [-0.2, 0) is 9.53 Å². The van der Waals surface area contributed by atoms with Crippen molar-refractivity contribution in [3.8, 4) is 0 Å². The van der Waals surface area contributed by atoms with Gasteiger partial charge < -0.3 is 15.4 Å². The molecule has 5 heteroatoms. The van der Waals surface area contributed by atoms with E-state index in [4.69, 9.17) is 10.5 Å². The van der Waals surface area contributed by atoms with Gasteiger partial charge in [0.05, 0.1) is 19.8 Å². The van der Waals surface area contributed by atoms with E-state index < -0.39 is 0 Å². The van der Waals surface area contributed by atoms with Crippen LogP contribution < -0.4 is 5.73 Å². The van der Waals surface area contributed by atoms with E-state index in [9.17, 15) is 4.79 Å². The Kier molecular flexibility index (Phi) is 5.60. The number of hydrogen-bond acceptors (Lipinski definition) is 4. The molecular formula is C14H27N3O2. The first-order chi connectivity index (χ1) is 9.20. The number of carbonyl (C=O) groups excluding carboxylic acids is 1. The molecule has 2 N–H and O–H groups in total. The SMILES string of the molecule is CCN(CC(=O)N1CCOCC1)C1CCC(N)CC1. The predicted molar refractivity (Wildman–Crippen MR) is 74.9 cm³/mol. The summed E-state index contributed by atoms with van der Waals surface area (Å²) in [5.41, 5.74) is 5.95. The third-order valence-electron chi connectivity index (χ3n) is 4.37. The molecule has 1 saturated carbocycles. The zero-order valence-corrected chi connectivity index (χ0v) is 12.0. The normalized spacial score (nSPS) is 28.7. The van der Waals surface area contributed by atoms with E-state index in [1.54, 1.807) is 0 Å². The van der Waals surface area contributed by atoms with Gasteiger partial charge in [-0.2, -0.15) is 0 Å². The molecule has 0 atom stereocenters. The summed E-state index contributed by atoms with van der Waals surface area (Å²) in [6.45, 7) is 6.47. The van der Waals surface area contributed by atoms with Crippen LogP contribution in [0, 0.1) is 0 Å². The van der Waals surface area contributed by atoms with Gasteiger partial charge >= 0.3 is 0 Å². The van der Waals surface area contributed by atoms with Crippen molar-refractivity contribution in [2.75, 3.05) is 39.4 Å². The third kappa shape index (κ3) is 4.16. The molecule has 0 aromatic rings. The van der Waals surface area contributed by atoms with E-state index in [2.05, 4.69) is 11.8 Å². The van der Waals surface area contributed by atoms with Crippen molar-refractivity contribution in [2.45, 2.75) is 44.7 Å². The van der Waals surface area contributed by atoms with E-state index in [1.807, 2.05) is 4.90 Å². The fourth-order valence-electron chi connectivity index (χ4n) is 3.05. The van der Waals surface area contributed by atoms with Gasteiger partial charge in [0, 0.05) is 25.2 Å². The number of nitrogens with two attached hydrogens (primary N) is 1. The summed E-state index contributed by atoms with van der Waals surface area (Å²) in [4.78, 5) is 16.5. The Morgan fingerprint density at radius 1 is 1.26 bits per heavy atom. The third-order valence-corrected chi connectivity index (χ3v) is 4.37. The van der Waals surface area contributed by atoms with Crippen LogP contribution in [0.15, 0.2) is 0 Å². The molecule has 0 unspecified atom stereocenters. The number of carbonyl (C=O) groups is 1. The van der Waals surface area contributed by atoms with Crippen LogP contribution in [0.4, 0.5) is 0 Å². The van der Waals surface area contributed by atoms with Crippen LogP contribution in [0.2, 0.25) is 0 Å². The highest BCUT2D eigenvalue weighted by Gasteiger charge is 2.26. The highest BCUT2D eigenvalue weighted by molar-refractivity contribution is 5.78. The van der Waals surface area contributed by atoms with Gasteiger partial charge in [0.15, 0.2) is 0 Å². The van der Waals surface area contributed by atoms with Crippen molar-refractivity contribution < 1.29 is 9.53 Å². The number of hydrogen-bond donors (Lipinski definition) is 1. The van der Waals surface area contributed by atoms with E-state index in [0.717, 1.165) is 45.3 Å². The van der Waals surface area contributed by atoms with Gasteiger partial charge in [-0.05, 0) is 32.2 Å². The molecule has 1 amide bonds. The van der Waals surface area contributed by atoms with Crippen molar-refractivity contribution in [3.05, 3.63) is 0 Å². The van der Waals surface area contributed by atoms with Gasteiger partial charge in [0.2, 0.25) is 5.91 Å². The predicted octanol–water partition coefficient (Wildman–Crippen LogP) is 0.437. The smallest absolute Gasteiger partial charge is 0.236 e. The average Bonchev–Trinajstić information content (AvgIpc) is 2.46. The Morgan fingerprint density at radius 2 is 1.89 bits per heavy atom. The quantitative estimate of drug-likeness (QED) is 0.804. The van der Waals surface area contributed by atoms with Crippen LogP contribution in [-0.4, -0.2) is 67.2 Å². The Balaban J connectivity index is 1.82. The molecule has 2 fully saturated rings. The van der Waals surface area contributed by atoms with E-state index in [-0.39, 0.29) is 5.91 Å². The second-order valence-corrected chi connectivity index (χ2v) is 5.62. The summed E-state index contributed by atoms with van der Waals surface area (Å²) in [5.74, 6) is 0.250. The summed E-state index contributed by atoms with van der Waals surface area (Å²) in [7, 11) is 0. The van der Waals surface area contributed by atoms with Crippen LogP contribution in [0.5, 0.6) is 0 Å². The Hall–Kier alpha value is -0.650. The Labute approximate surface area is 116 Å². The molecule has 0 aromatic carbocycles. The summed E-state index contributed by atoms with van der Waals surface area (Å²) in [5, 5.41) is 0. The molecule has 0 radical (unpaired) electrons. The molecule has 19 heavy (non-hydrogen) atoms. The van der Waals surface area contributed by atoms with Crippen LogP contribution in [0.1, 0.15) is 32.6 Å². The number of amides is 1. The minimum Gasteiger partial charge on any atom is -0.378 e. The van der Waals surface area contributed by atoms with Crippen molar-refractivity contribution in [2.24, 2.45) is 5.73 Å². The molecule has 0 aromatic heterocycles. The van der Waals surface area contributed by atoms with Gasteiger partial charge in [-0.3, -0.25) is 9.69 Å². The zero-order valence-electron chi connectivity index (χ0n) is 12.0. The summed E-state index contributed by atoms with van der Waals surface area (Å²) in [6, 6.07) is 0.902. The molecule has 2 aliphatic rings. The lowest BCUT2D eigenvalue weighted by Crippen LogP contribution is -2.49. The van der Waals surface area contributed by atoms with Gasteiger partial charge in [-0.1, -0.05) is 6.92 Å². The largest absolute Gasteiger partial charge is 0.378 e. The standard InChI is InChI=1S/C14H27N3O2/c1-2-16(13-5-3-12(15)4-6-13)11-14(18)17-7-9-19-10-8-17/h12-13H,2-11,15H2,1H3. The first-order valence-corrected chi connectivity index (χ1v) is 7.56. The topological polar surface area (TPSA) is 58.8 Å². The second kappa shape index (κ2) is 7.22. The van der Waals surface area contributed by atoms with Gasteiger partial charge in [-0.25, -0.2) is 0 Å².